The zero-order valence-corrected chi connectivity index (χ0v) is 15.3. The van der Waals surface area contributed by atoms with Gasteiger partial charge in [0.25, 0.3) is 11.5 Å². The molecule has 2 aromatic heterocycles. The number of hydrogen-bond acceptors (Lipinski definition) is 4. The Balaban J connectivity index is 1.54. The molecule has 0 bridgehead atoms. The van der Waals surface area contributed by atoms with Crippen molar-refractivity contribution in [2.75, 3.05) is 0 Å². The van der Waals surface area contributed by atoms with Crippen molar-refractivity contribution >= 4 is 5.91 Å². The highest BCUT2D eigenvalue weighted by Crippen LogP contribution is 2.32. The van der Waals surface area contributed by atoms with Crippen LogP contribution in [0.2, 0.25) is 0 Å². The summed E-state index contributed by atoms with van der Waals surface area (Å²) in [5.74, 6) is 0.821. The molecule has 140 valence electrons. The number of carbonyl (C=O) groups excluding carboxylic acids is 1. The van der Waals surface area contributed by atoms with Crippen LogP contribution in [0.4, 0.5) is 0 Å². The maximum atomic E-state index is 12.7. The number of H-pyrrole nitrogens is 1. The summed E-state index contributed by atoms with van der Waals surface area (Å²) in [6.07, 6.45) is 5.40. The fraction of sp³-hybridized carbons (Fsp3) is 0.238. The topological polar surface area (TPSA) is 104 Å². The third-order valence-corrected chi connectivity index (χ3v) is 5.02. The Morgan fingerprint density at radius 1 is 1.29 bits per heavy atom. The molecular weight excluding hydrogens is 354 g/mol. The molecule has 0 aliphatic heterocycles. The standard InChI is InChI=1S/C21H19N5O2/c1-13(15-6-7-15)25-20(27)17-8-9-19(23-11-17)26-21(28)18(12-24-26)16-4-2-14(10-22)3-5-16/h2-5,8-9,11-13,15,24H,6-7H2,1H3,(H,25,27)/t13-/m1/s1. The zero-order valence-electron chi connectivity index (χ0n) is 15.3. The van der Waals surface area contributed by atoms with Gasteiger partial charge in [-0.05, 0) is 55.5 Å². The molecule has 7 nitrogen and oxygen atoms in total. The van der Waals surface area contributed by atoms with Crippen LogP contribution in [-0.4, -0.2) is 26.7 Å². The molecule has 0 radical (unpaired) electrons. The average Bonchev–Trinajstić information content (AvgIpc) is 3.51. The first-order valence-corrected chi connectivity index (χ1v) is 9.15. The van der Waals surface area contributed by atoms with Gasteiger partial charge in [0.1, 0.15) is 0 Å². The molecule has 1 aliphatic rings. The second-order valence-corrected chi connectivity index (χ2v) is 7.02. The Bertz CT molecular complexity index is 1100. The molecule has 1 aromatic carbocycles. The van der Waals surface area contributed by atoms with Crippen LogP contribution in [0.1, 0.15) is 35.7 Å². The van der Waals surface area contributed by atoms with Crippen LogP contribution in [-0.2, 0) is 0 Å². The second-order valence-electron chi connectivity index (χ2n) is 7.02. The summed E-state index contributed by atoms with van der Waals surface area (Å²) in [5, 5.41) is 14.8. The number of pyridine rings is 1. The lowest BCUT2D eigenvalue weighted by molar-refractivity contribution is 0.0935. The molecule has 0 saturated heterocycles. The number of carbonyl (C=O) groups is 1. The molecule has 28 heavy (non-hydrogen) atoms. The number of amides is 1. The van der Waals surface area contributed by atoms with Crippen molar-refractivity contribution < 1.29 is 4.79 Å². The van der Waals surface area contributed by atoms with E-state index in [0.29, 0.717) is 34.0 Å². The van der Waals surface area contributed by atoms with E-state index in [1.54, 1.807) is 42.6 Å². The predicted octanol–water partition coefficient (Wildman–Crippen LogP) is 2.63. The van der Waals surface area contributed by atoms with Crippen molar-refractivity contribution in [1.82, 2.24) is 20.1 Å². The van der Waals surface area contributed by atoms with Crippen LogP contribution in [0.15, 0.2) is 53.6 Å². The summed E-state index contributed by atoms with van der Waals surface area (Å²) in [4.78, 5) is 29.3. The molecule has 0 spiro atoms. The summed E-state index contributed by atoms with van der Waals surface area (Å²) in [7, 11) is 0. The number of benzene rings is 1. The van der Waals surface area contributed by atoms with Crippen molar-refractivity contribution in [2.45, 2.75) is 25.8 Å². The van der Waals surface area contributed by atoms with Crippen LogP contribution < -0.4 is 10.9 Å². The summed E-state index contributed by atoms with van der Waals surface area (Å²) >= 11 is 0. The van der Waals surface area contributed by atoms with Gasteiger partial charge in [0.05, 0.1) is 22.8 Å². The number of aromatic amines is 1. The molecule has 1 saturated carbocycles. The largest absolute Gasteiger partial charge is 0.349 e. The number of nitrogens with zero attached hydrogens (tertiary/aromatic N) is 3. The molecular formula is C21H19N5O2. The van der Waals surface area contributed by atoms with Gasteiger partial charge in [-0.3, -0.25) is 14.7 Å². The van der Waals surface area contributed by atoms with Crippen LogP contribution >= 0.6 is 0 Å². The number of aromatic nitrogens is 3. The predicted molar refractivity (Wildman–Crippen MR) is 104 cm³/mol. The Morgan fingerprint density at radius 3 is 2.64 bits per heavy atom. The van der Waals surface area contributed by atoms with Crippen LogP contribution in [0.25, 0.3) is 16.9 Å². The first-order valence-electron chi connectivity index (χ1n) is 9.15. The molecule has 1 aliphatic carbocycles. The van der Waals surface area contributed by atoms with Crippen LogP contribution in [0.5, 0.6) is 0 Å². The smallest absolute Gasteiger partial charge is 0.280 e. The molecule has 3 aromatic rings. The van der Waals surface area contributed by atoms with E-state index in [2.05, 4.69) is 21.5 Å². The summed E-state index contributed by atoms with van der Waals surface area (Å²) < 4.78 is 1.32. The van der Waals surface area contributed by atoms with E-state index in [9.17, 15) is 9.59 Å². The number of rotatable bonds is 5. The summed E-state index contributed by atoms with van der Waals surface area (Å²) in [5.41, 5.74) is 1.93. The monoisotopic (exact) mass is 373 g/mol. The van der Waals surface area contributed by atoms with Crippen LogP contribution in [0.3, 0.4) is 0 Å². The lowest BCUT2D eigenvalue weighted by Crippen LogP contribution is -2.34. The Morgan fingerprint density at radius 2 is 2.04 bits per heavy atom. The van der Waals surface area contributed by atoms with Gasteiger partial charge >= 0.3 is 0 Å². The minimum absolute atomic E-state index is 0.157. The molecule has 2 N–H and O–H groups in total. The first kappa shape index (κ1) is 17.7. The Labute approximate surface area is 161 Å². The third-order valence-electron chi connectivity index (χ3n) is 5.02. The maximum absolute atomic E-state index is 12.7. The highest BCUT2D eigenvalue weighted by Gasteiger charge is 2.29. The minimum Gasteiger partial charge on any atom is -0.349 e. The van der Waals surface area contributed by atoms with Gasteiger partial charge < -0.3 is 5.32 Å². The van der Waals surface area contributed by atoms with E-state index in [-0.39, 0.29) is 17.5 Å². The Kier molecular flexibility index (Phi) is 4.53. The van der Waals surface area contributed by atoms with Gasteiger partial charge in [-0.2, -0.15) is 5.26 Å². The van der Waals surface area contributed by atoms with E-state index in [4.69, 9.17) is 5.26 Å². The van der Waals surface area contributed by atoms with E-state index >= 15 is 0 Å². The minimum atomic E-state index is -0.253. The lowest BCUT2D eigenvalue weighted by atomic mass is 10.1. The van der Waals surface area contributed by atoms with Gasteiger partial charge in [0.15, 0.2) is 5.82 Å². The van der Waals surface area contributed by atoms with Crippen molar-refractivity contribution in [3.63, 3.8) is 0 Å². The van der Waals surface area contributed by atoms with E-state index < -0.39 is 0 Å². The van der Waals surface area contributed by atoms with Gasteiger partial charge in [-0.25, -0.2) is 9.67 Å². The van der Waals surface area contributed by atoms with E-state index in [1.165, 1.54) is 10.9 Å². The van der Waals surface area contributed by atoms with Crippen molar-refractivity contribution in [3.05, 3.63) is 70.3 Å². The first-order chi connectivity index (χ1) is 13.6. The molecule has 1 atom stereocenters. The van der Waals surface area contributed by atoms with Crippen molar-refractivity contribution in [1.29, 1.82) is 5.26 Å². The SMILES string of the molecule is C[C@@H](NC(=O)c1ccc(-n2[nH]cc(-c3ccc(C#N)cc3)c2=O)nc1)C1CC1. The fourth-order valence-corrected chi connectivity index (χ4v) is 3.13. The van der Waals surface area contributed by atoms with Gasteiger partial charge in [0.2, 0.25) is 0 Å². The van der Waals surface area contributed by atoms with Crippen molar-refractivity contribution in [3.8, 4) is 23.0 Å². The van der Waals surface area contributed by atoms with Crippen LogP contribution in [0, 0.1) is 17.2 Å². The molecule has 0 unspecified atom stereocenters. The molecule has 2 heterocycles. The van der Waals surface area contributed by atoms with Crippen molar-refractivity contribution in [2.24, 2.45) is 5.92 Å². The highest BCUT2D eigenvalue weighted by molar-refractivity contribution is 5.94. The molecule has 4 rings (SSSR count). The number of nitriles is 1. The molecule has 1 amide bonds. The Hall–Kier alpha value is -3.66. The van der Waals surface area contributed by atoms with Gasteiger partial charge in [-0.1, -0.05) is 12.1 Å². The van der Waals surface area contributed by atoms with E-state index in [1.807, 2.05) is 6.92 Å². The van der Waals surface area contributed by atoms with Gasteiger partial charge in [0, 0.05) is 18.4 Å². The number of hydrogen-bond donors (Lipinski definition) is 2. The maximum Gasteiger partial charge on any atom is 0.280 e. The lowest BCUT2D eigenvalue weighted by Gasteiger charge is -2.12. The molecule has 7 heteroatoms. The zero-order chi connectivity index (χ0) is 19.7. The highest BCUT2D eigenvalue weighted by atomic mass is 16.2. The second kappa shape index (κ2) is 7.16. The third kappa shape index (κ3) is 3.45. The summed E-state index contributed by atoms with van der Waals surface area (Å²) in [6.45, 7) is 2.01. The fourth-order valence-electron chi connectivity index (χ4n) is 3.13. The summed E-state index contributed by atoms with van der Waals surface area (Å²) in [6, 6.07) is 12.3. The number of nitrogens with one attached hydrogen (secondary N) is 2. The average molecular weight is 373 g/mol. The van der Waals surface area contributed by atoms with E-state index in [0.717, 1.165) is 12.8 Å². The molecule has 1 fully saturated rings. The van der Waals surface area contributed by atoms with Gasteiger partial charge in [-0.15, -0.1) is 0 Å². The quantitative estimate of drug-likeness (QED) is 0.717. The normalized spacial score (nSPS) is 14.3.